The standard InChI is InChI=1S/C21H16N8O2/c1-12-18(29(28-24-12)20-19(22)26-31-27-20)21(30)25-23-11-17-15-8-4-2-6-13(15)10-14-7-3-5-9-16(14)17/h2-11H,1H3,(H2,22,26)(H,25,30). The number of hydrazone groups is 1. The molecule has 2 heterocycles. The molecule has 2 aromatic heterocycles. The number of carbonyl (C=O) groups is 1. The molecule has 3 N–H and O–H groups in total. The van der Waals surface area contributed by atoms with E-state index in [0.29, 0.717) is 5.69 Å². The van der Waals surface area contributed by atoms with Gasteiger partial charge in [-0.05, 0) is 44.8 Å². The first kappa shape index (κ1) is 18.4. The molecule has 0 fully saturated rings. The van der Waals surface area contributed by atoms with Gasteiger partial charge in [-0.2, -0.15) is 9.78 Å². The number of fused-ring (bicyclic) bond motifs is 2. The zero-order valence-corrected chi connectivity index (χ0v) is 16.4. The summed E-state index contributed by atoms with van der Waals surface area (Å²) in [4.78, 5) is 12.8. The highest BCUT2D eigenvalue weighted by Crippen LogP contribution is 2.27. The van der Waals surface area contributed by atoms with E-state index in [2.05, 4.69) is 41.8 Å². The number of anilines is 1. The number of rotatable bonds is 4. The van der Waals surface area contributed by atoms with Gasteiger partial charge in [-0.25, -0.2) is 10.1 Å². The highest BCUT2D eigenvalue weighted by atomic mass is 16.6. The third-order valence-electron chi connectivity index (χ3n) is 4.92. The van der Waals surface area contributed by atoms with Crippen LogP contribution in [0.2, 0.25) is 0 Å². The minimum Gasteiger partial charge on any atom is -0.378 e. The lowest BCUT2D eigenvalue weighted by atomic mass is 9.97. The first-order valence-electron chi connectivity index (χ1n) is 9.38. The van der Waals surface area contributed by atoms with Crippen LogP contribution in [-0.2, 0) is 0 Å². The van der Waals surface area contributed by atoms with E-state index in [1.54, 1.807) is 13.1 Å². The Bertz CT molecular complexity index is 1410. The first-order valence-corrected chi connectivity index (χ1v) is 9.38. The smallest absolute Gasteiger partial charge is 0.292 e. The molecule has 1 amide bonds. The molecule has 10 nitrogen and oxygen atoms in total. The van der Waals surface area contributed by atoms with E-state index < -0.39 is 5.91 Å². The van der Waals surface area contributed by atoms with Crippen LogP contribution in [0.25, 0.3) is 27.4 Å². The molecule has 0 spiro atoms. The van der Waals surface area contributed by atoms with Crippen LogP contribution in [-0.4, -0.2) is 37.4 Å². The summed E-state index contributed by atoms with van der Waals surface area (Å²) in [5.41, 5.74) is 9.66. The zero-order valence-electron chi connectivity index (χ0n) is 16.4. The lowest BCUT2D eigenvalue weighted by Gasteiger charge is -2.08. The van der Waals surface area contributed by atoms with Crippen LogP contribution in [0, 0.1) is 6.92 Å². The van der Waals surface area contributed by atoms with Gasteiger partial charge in [-0.15, -0.1) is 5.10 Å². The second-order valence-corrected chi connectivity index (χ2v) is 6.84. The number of amides is 1. The highest BCUT2D eigenvalue weighted by Gasteiger charge is 2.22. The fraction of sp³-hybridized carbons (Fsp3) is 0.0476. The van der Waals surface area contributed by atoms with Gasteiger partial charge >= 0.3 is 0 Å². The fourth-order valence-corrected chi connectivity index (χ4v) is 3.50. The number of aryl methyl sites for hydroxylation is 1. The summed E-state index contributed by atoms with van der Waals surface area (Å²) in [5.74, 6) is -0.454. The maximum atomic E-state index is 12.8. The van der Waals surface area contributed by atoms with Gasteiger partial charge in [0.05, 0.1) is 11.9 Å². The summed E-state index contributed by atoms with van der Waals surface area (Å²) in [5, 5.41) is 23.4. The number of hydrogen-bond donors (Lipinski definition) is 2. The molecule has 0 saturated heterocycles. The van der Waals surface area contributed by atoms with Gasteiger partial charge in [0.15, 0.2) is 5.69 Å². The molecule has 0 radical (unpaired) electrons. The highest BCUT2D eigenvalue weighted by molar-refractivity contribution is 6.13. The lowest BCUT2D eigenvalue weighted by molar-refractivity contribution is 0.0946. The Morgan fingerprint density at radius 2 is 1.77 bits per heavy atom. The molecular weight excluding hydrogens is 396 g/mol. The summed E-state index contributed by atoms with van der Waals surface area (Å²) in [6.07, 6.45) is 1.64. The lowest BCUT2D eigenvalue weighted by Crippen LogP contribution is -2.22. The molecule has 0 aliphatic rings. The first-order chi connectivity index (χ1) is 15.1. The average molecular weight is 412 g/mol. The summed E-state index contributed by atoms with van der Waals surface area (Å²) >= 11 is 0. The van der Waals surface area contributed by atoms with Crippen molar-refractivity contribution in [2.75, 3.05) is 5.73 Å². The van der Waals surface area contributed by atoms with Crippen molar-refractivity contribution >= 4 is 39.5 Å². The molecule has 152 valence electrons. The SMILES string of the molecule is Cc1nnn(-c2nonc2N)c1C(=O)NN=Cc1c2ccccc2cc2ccccc12. The summed E-state index contributed by atoms with van der Waals surface area (Å²) in [6, 6.07) is 18.2. The van der Waals surface area contributed by atoms with Crippen molar-refractivity contribution in [3.8, 4) is 5.82 Å². The molecule has 0 bridgehead atoms. The summed E-state index contributed by atoms with van der Waals surface area (Å²) < 4.78 is 5.76. The molecule has 3 aromatic carbocycles. The molecule has 10 heteroatoms. The van der Waals surface area contributed by atoms with E-state index >= 15 is 0 Å². The molecule has 5 aromatic rings. The van der Waals surface area contributed by atoms with Crippen LogP contribution >= 0.6 is 0 Å². The van der Waals surface area contributed by atoms with Crippen molar-refractivity contribution in [1.29, 1.82) is 0 Å². The van der Waals surface area contributed by atoms with Crippen molar-refractivity contribution in [3.63, 3.8) is 0 Å². The minimum absolute atomic E-state index is 0.00956. The number of carbonyl (C=O) groups excluding carboxylic acids is 1. The molecule has 0 aliphatic heterocycles. The van der Waals surface area contributed by atoms with Gasteiger partial charge in [0.1, 0.15) is 0 Å². The molecule has 0 unspecified atom stereocenters. The maximum absolute atomic E-state index is 12.8. The molecular formula is C21H16N8O2. The quantitative estimate of drug-likeness (QED) is 0.263. The van der Waals surface area contributed by atoms with Gasteiger partial charge in [0.25, 0.3) is 5.91 Å². The third-order valence-corrected chi connectivity index (χ3v) is 4.92. The maximum Gasteiger partial charge on any atom is 0.292 e. The summed E-state index contributed by atoms with van der Waals surface area (Å²) in [6.45, 7) is 1.64. The van der Waals surface area contributed by atoms with E-state index in [9.17, 15) is 4.79 Å². The third kappa shape index (κ3) is 3.15. The van der Waals surface area contributed by atoms with Gasteiger partial charge in [-0.1, -0.05) is 53.7 Å². The van der Waals surface area contributed by atoms with Crippen molar-refractivity contribution in [2.24, 2.45) is 5.10 Å². The minimum atomic E-state index is -0.523. The Labute approximate surface area is 175 Å². The Morgan fingerprint density at radius 1 is 1.10 bits per heavy atom. The number of aromatic nitrogens is 5. The molecule has 5 rings (SSSR count). The molecule has 0 atom stereocenters. The fourth-order valence-electron chi connectivity index (χ4n) is 3.50. The number of nitrogens with zero attached hydrogens (tertiary/aromatic N) is 6. The molecule has 0 saturated carbocycles. The number of hydrogen-bond acceptors (Lipinski definition) is 8. The number of benzene rings is 3. The van der Waals surface area contributed by atoms with Crippen molar-refractivity contribution < 1.29 is 9.42 Å². The average Bonchev–Trinajstić information content (AvgIpc) is 3.38. The van der Waals surface area contributed by atoms with E-state index in [1.165, 1.54) is 4.68 Å². The second kappa shape index (κ2) is 7.34. The molecule has 0 aliphatic carbocycles. The summed E-state index contributed by atoms with van der Waals surface area (Å²) in [7, 11) is 0. The predicted octanol–water partition coefficient (Wildman–Crippen LogP) is 2.61. The van der Waals surface area contributed by atoms with E-state index in [-0.39, 0.29) is 17.3 Å². The number of nitrogens with one attached hydrogen (secondary N) is 1. The number of nitrogens with two attached hydrogens (primary N) is 1. The van der Waals surface area contributed by atoms with Gasteiger partial charge in [-0.3, -0.25) is 4.79 Å². The van der Waals surface area contributed by atoms with Crippen LogP contribution in [0.3, 0.4) is 0 Å². The van der Waals surface area contributed by atoms with Crippen LogP contribution in [0.5, 0.6) is 0 Å². The predicted molar refractivity (Wildman–Crippen MR) is 115 cm³/mol. The van der Waals surface area contributed by atoms with E-state index in [0.717, 1.165) is 27.1 Å². The second-order valence-electron chi connectivity index (χ2n) is 6.84. The van der Waals surface area contributed by atoms with Gasteiger partial charge in [0.2, 0.25) is 11.6 Å². The topological polar surface area (TPSA) is 137 Å². The van der Waals surface area contributed by atoms with Crippen molar-refractivity contribution in [3.05, 3.63) is 71.5 Å². The Hall–Kier alpha value is -4.60. The van der Waals surface area contributed by atoms with Crippen LogP contribution in [0.4, 0.5) is 5.82 Å². The zero-order chi connectivity index (χ0) is 21.4. The van der Waals surface area contributed by atoms with E-state index in [4.69, 9.17) is 5.73 Å². The van der Waals surface area contributed by atoms with Crippen LogP contribution in [0.15, 0.2) is 64.3 Å². The van der Waals surface area contributed by atoms with Crippen LogP contribution in [0.1, 0.15) is 21.7 Å². The largest absolute Gasteiger partial charge is 0.378 e. The van der Waals surface area contributed by atoms with Crippen molar-refractivity contribution in [1.82, 2.24) is 30.7 Å². The molecule has 31 heavy (non-hydrogen) atoms. The van der Waals surface area contributed by atoms with Crippen LogP contribution < -0.4 is 11.2 Å². The van der Waals surface area contributed by atoms with Gasteiger partial charge in [0, 0.05) is 5.56 Å². The normalized spacial score (nSPS) is 11.5. The monoisotopic (exact) mass is 412 g/mol. The Kier molecular flexibility index (Phi) is 4.36. The number of nitrogen functional groups attached to an aromatic ring is 1. The Balaban J connectivity index is 1.51. The van der Waals surface area contributed by atoms with Crippen molar-refractivity contribution in [2.45, 2.75) is 6.92 Å². The van der Waals surface area contributed by atoms with Gasteiger partial charge < -0.3 is 5.73 Å². The Morgan fingerprint density at radius 3 is 2.42 bits per heavy atom. The van der Waals surface area contributed by atoms with E-state index in [1.807, 2.05) is 48.5 Å².